The summed E-state index contributed by atoms with van der Waals surface area (Å²) < 4.78 is 0. The molecule has 58 heavy (non-hydrogen) atoms. The second-order valence-corrected chi connectivity index (χ2v) is 16.2. The molecule has 0 fully saturated rings. The molecule has 4 aromatic carbocycles. The maximum absolute atomic E-state index is 5.46. The van der Waals surface area contributed by atoms with Gasteiger partial charge in [-0.1, -0.05) is 121 Å². The molecular weight excluding hydrogens is 745 g/mol. The quantitative estimate of drug-likeness (QED) is 0.177. The molecule has 0 aliphatic carbocycles. The van der Waals surface area contributed by atoms with E-state index in [0.717, 1.165) is 89.4 Å². The van der Waals surface area contributed by atoms with Gasteiger partial charge in [-0.2, -0.15) is 0 Å². The Kier molecular flexibility index (Phi) is 8.50. The Hall–Kier alpha value is -7.12. The fourth-order valence-corrected chi connectivity index (χ4v) is 9.58. The first-order valence-corrected chi connectivity index (χ1v) is 21.1. The van der Waals surface area contributed by atoms with E-state index in [1.54, 1.807) is 22.7 Å². The van der Waals surface area contributed by atoms with Gasteiger partial charge < -0.3 is 9.97 Å². The normalized spacial score (nSPS) is 12.0. The highest BCUT2D eigenvalue weighted by atomic mass is 32.1. The van der Waals surface area contributed by atoms with Crippen LogP contribution in [0.4, 0.5) is 0 Å². The van der Waals surface area contributed by atoms with Gasteiger partial charge in [-0.05, 0) is 105 Å². The van der Waals surface area contributed by atoms with Crippen molar-refractivity contribution in [1.29, 1.82) is 0 Å². The molecule has 2 aliphatic heterocycles. The highest BCUT2D eigenvalue weighted by Gasteiger charge is 2.19. The van der Waals surface area contributed by atoms with Crippen molar-refractivity contribution in [2.24, 2.45) is 0 Å². The van der Waals surface area contributed by atoms with Gasteiger partial charge in [-0.25, -0.2) is 9.97 Å². The van der Waals surface area contributed by atoms with Crippen molar-refractivity contribution in [3.63, 3.8) is 0 Å². The van der Waals surface area contributed by atoms with E-state index in [1.807, 2.05) is 0 Å². The minimum absolute atomic E-state index is 0.896. The summed E-state index contributed by atoms with van der Waals surface area (Å²) in [6.07, 6.45) is 8.62. The Balaban J connectivity index is 1.24. The lowest BCUT2D eigenvalue weighted by molar-refractivity contribution is 1.31. The molecule has 2 aliphatic rings. The van der Waals surface area contributed by atoms with Crippen LogP contribution in [0.2, 0.25) is 0 Å². The van der Waals surface area contributed by atoms with Gasteiger partial charge in [0.25, 0.3) is 0 Å². The van der Waals surface area contributed by atoms with Crippen LogP contribution in [0.15, 0.2) is 168 Å². The van der Waals surface area contributed by atoms with Crippen LogP contribution in [0, 0.1) is 0 Å². The Bertz CT molecular complexity index is 2950. The van der Waals surface area contributed by atoms with Crippen molar-refractivity contribution in [3.8, 4) is 65.4 Å². The van der Waals surface area contributed by atoms with Crippen molar-refractivity contribution in [3.05, 3.63) is 191 Å². The maximum atomic E-state index is 5.46. The fraction of sp³-hybridized carbons (Fsp3) is 0. The van der Waals surface area contributed by atoms with E-state index in [9.17, 15) is 0 Å². The standard InChI is InChI=1S/C52H34N4S2/c1-3-9-35(10-4-1)49-39-23-27-43(53-39)51(37-19-15-33(16-20-37)47-13-7-31-57-47)45-29-25-41(55-45)50(36-11-5-2-6-12-36)42-26-30-46(56-42)52(44-28-24-40(49)54-44)38-21-17-34(18-22-38)48-14-8-32-58-48/h1-32,53,56H. The molecule has 2 N–H and O–H groups in total. The molecule has 0 saturated heterocycles. The predicted octanol–water partition coefficient (Wildman–Crippen LogP) is 14.8. The summed E-state index contributed by atoms with van der Waals surface area (Å²) in [5.74, 6) is 0. The van der Waals surface area contributed by atoms with Gasteiger partial charge in [0.1, 0.15) is 0 Å². The third-order valence-corrected chi connectivity index (χ3v) is 12.7. The highest BCUT2D eigenvalue weighted by molar-refractivity contribution is 7.13. The lowest BCUT2D eigenvalue weighted by Crippen LogP contribution is -1.90. The van der Waals surface area contributed by atoms with Crippen LogP contribution in [0.3, 0.4) is 0 Å². The smallest absolute Gasteiger partial charge is 0.0737 e. The van der Waals surface area contributed by atoms with Crippen LogP contribution < -0.4 is 0 Å². The number of nitrogens with one attached hydrogen (secondary N) is 2. The Morgan fingerprint density at radius 2 is 0.603 bits per heavy atom. The van der Waals surface area contributed by atoms with Gasteiger partial charge in [0.05, 0.1) is 22.8 Å². The molecule has 5 aromatic heterocycles. The van der Waals surface area contributed by atoms with Crippen molar-refractivity contribution >= 4 is 69.0 Å². The Labute approximate surface area is 343 Å². The summed E-state index contributed by atoms with van der Waals surface area (Å²) in [7, 11) is 0. The first-order chi connectivity index (χ1) is 28.7. The molecule has 6 heteroatoms. The zero-order chi connectivity index (χ0) is 38.4. The van der Waals surface area contributed by atoms with Gasteiger partial charge in [-0.15, -0.1) is 22.7 Å². The average molecular weight is 779 g/mol. The molecule has 0 spiro atoms. The van der Waals surface area contributed by atoms with Crippen LogP contribution in [-0.2, 0) is 0 Å². The van der Waals surface area contributed by atoms with E-state index in [1.165, 1.54) is 20.9 Å². The van der Waals surface area contributed by atoms with E-state index < -0.39 is 0 Å². The van der Waals surface area contributed by atoms with Gasteiger partial charge in [-0.3, -0.25) is 0 Å². The molecule has 0 amide bonds. The minimum Gasteiger partial charge on any atom is -0.354 e. The molecule has 4 nitrogen and oxygen atoms in total. The summed E-state index contributed by atoms with van der Waals surface area (Å²) in [4.78, 5) is 21.1. The molecule has 0 radical (unpaired) electrons. The second kappa shape index (κ2) is 14.4. The van der Waals surface area contributed by atoms with Crippen LogP contribution >= 0.6 is 22.7 Å². The Morgan fingerprint density at radius 3 is 0.914 bits per heavy atom. The van der Waals surface area contributed by atoms with Crippen LogP contribution in [-0.4, -0.2) is 19.9 Å². The second-order valence-electron chi connectivity index (χ2n) is 14.3. The topological polar surface area (TPSA) is 57.4 Å². The SMILES string of the molecule is C1=Cc2nc1c(-c1ccccc1)c1ccc([nH]1)c(-c1ccc(-c3cccs3)cc1)c1nc(c(-c3ccccc3)c3ccc([nH]3)c2-c2ccc(-c3cccs3)cc2)C=C1. The van der Waals surface area contributed by atoms with Crippen molar-refractivity contribution in [2.45, 2.75) is 0 Å². The number of aromatic amines is 2. The summed E-state index contributed by atoms with van der Waals surface area (Å²) in [6, 6.07) is 56.1. The largest absolute Gasteiger partial charge is 0.354 e. The molecule has 0 atom stereocenters. The van der Waals surface area contributed by atoms with E-state index >= 15 is 0 Å². The molecule has 9 aromatic rings. The molecule has 274 valence electrons. The Morgan fingerprint density at radius 1 is 0.293 bits per heavy atom. The van der Waals surface area contributed by atoms with Gasteiger partial charge >= 0.3 is 0 Å². The third kappa shape index (κ3) is 6.16. The third-order valence-electron chi connectivity index (χ3n) is 10.8. The van der Waals surface area contributed by atoms with Gasteiger partial charge in [0.2, 0.25) is 0 Å². The molecule has 0 unspecified atom stereocenters. The first-order valence-electron chi connectivity index (χ1n) is 19.3. The molecule has 0 saturated carbocycles. The van der Waals surface area contributed by atoms with Crippen molar-refractivity contribution in [2.75, 3.05) is 0 Å². The number of hydrogen-bond acceptors (Lipinski definition) is 4. The number of aromatic nitrogens is 4. The number of hydrogen-bond donors (Lipinski definition) is 2. The van der Waals surface area contributed by atoms with Crippen molar-refractivity contribution in [1.82, 2.24) is 19.9 Å². The number of rotatable bonds is 6. The number of fused-ring (bicyclic) bond motifs is 8. The highest BCUT2D eigenvalue weighted by Crippen LogP contribution is 2.39. The summed E-state index contributed by atoms with van der Waals surface area (Å²) in [5.41, 5.74) is 18.4. The number of H-pyrrole nitrogens is 2. The number of thiophene rings is 2. The van der Waals surface area contributed by atoms with E-state index in [-0.39, 0.29) is 0 Å². The zero-order valence-corrected chi connectivity index (χ0v) is 32.8. The van der Waals surface area contributed by atoms with Gasteiger partial charge in [0, 0.05) is 54.1 Å². The van der Waals surface area contributed by atoms with Gasteiger partial charge in [0.15, 0.2) is 0 Å². The first kappa shape index (κ1) is 34.2. The van der Waals surface area contributed by atoms with Crippen molar-refractivity contribution < 1.29 is 0 Å². The zero-order valence-electron chi connectivity index (χ0n) is 31.2. The lowest BCUT2D eigenvalue weighted by Gasteiger charge is -2.08. The van der Waals surface area contributed by atoms with Crippen LogP contribution in [0.1, 0.15) is 22.8 Å². The van der Waals surface area contributed by atoms with E-state index in [0.29, 0.717) is 0 Å². The minimum atomic E-state index is 0.896. The molecule has 7 heterocycles. The summed E-state index contributed by atoms with van der Waals surface area (Å²) in [5, 5.41) is 4.25. The van der Waals surface area contributed by atoms with Crippen LogP contribution in [0.25, 0.3) is 112 Å². The summed E-state index contributed by atoms with van der Waals surface area (Å²) in [6.45, 7) is 0. The predicted molar refractivity (Wildman–Crippen MR) is 247 cm³/mol. The lowest BCUT2D eigenvalue weighted by atomic mass is 10.0. The molecule has 11 rings (SSSR count). The number of benzene rings is 4. The molecular formula is C52H34N4S2. The van der Waals surface area contributed by atoms with E-state index in [2.05, 4.69) is 203 Å². The maximum Gasteiger partial charge on any atom is 0.0737 e. The number of nitrogens with zero attached hydrogens (tertiary/aromatic N) is 2. The van der Waals surface area contributed by atoms with Crippen LogP contribution in [0.5, 0.6) is 0 Å². The van der Waals surface area contributed by atoms with E-state index in [4.69, 9.17) is 9.97 Å². The summed E-state index contributed by atoms with van der Waals surface area (Å²) >= 11 is 3.50. The molecule has 8 bridgehead atoms. The monoisotopic (exact) mass is 778 g/mol. The average Bonchev–Trinajstić information content (AvgIpc) is 4.13. The fourth-order valence-electron chi connectivity index (χ4n) is 8.12.